The smallest absolute Gasteiger partial charge is 0.258 e. The van der Waals surface area contributed by atoms with Gasteiger partial charge in [0.2, 0.25) is 0 Å². The number of hydrogen-bond acceptors (Lipinski definition) is 4. The van der Waals surface area contributed by atoms with Crippen LogP contribution in [0.2, 0.25) is 0 Å². The lowest BCUT2D eigenvalue weighted by molar-refractivity contribution is -0.123. The molecule has 1 aromatic rings. The zero-order chi connectivity index (χ0) is 15.8. The van der Waals surface area contributed by atoms with Crippen molar-refractivity contribution < 1.29 is 19.4 Å². The van der Waals surface area contributed by atoms with Gasteiger partial charge in [-0.3, -0.25) is 4.79 Å². The Balaban J connectivity index is 2.64. The van der Waals surface area contributed by atoms with Crippen LogP contribution in [-0.4, -0.2) is 30.8 Å². The molecule has 2 N–H and O–H groups in total. The van der Waals surface area contributed by atoms with Gasteiger partial charge in [-0.05, 0) is 37.5 Å². The fraction of sp³-hybridized carbons (Fsp3) is 0.562. The highest BCUT2D eigenvalue weighted by Crippen LogP contribution is 2.30. The second-order valence-corrected chi connectivity index (χ2v) is 4.96. The molecular weight excluding hydrogens is 270 g/mol. The standard InChI is InChI=1S/C16H25NO4/c1-5-13(6-2)17-16(19)10-21-14-8-7-12(11(3)18)9-15(14)20-4/h7-9,11,13,18H,5-6,10H2,1-4H3,(H,17,19)/t11-/m0/s1. The molecular formula is C16H25NO4. The Morgan fingerprint density at radius 1 is 1.29 bits per heavy atom. The van der Waals surface area contributed by atoms with E-state index in [1.807, 2.05) is 13.8 Å². The van der Waals surface area contributed by atoms with Gasteiger partial charge in [-0.2, -0.15) is 0 Å². The average Bonchev–Trinajstić information content (AvgIpc) is 2.50. The highest BCUT2D eigenvalue weighted by Gasteiger charge is 2.12. The number of nitrogens with one attached hydrogen (secondary N) is 1. The Morgan fingerprint density at radius 3 is 2.48 bits per heavy atom. The molecule has 0 saturated heterocycles. The van der Waals surface area contributed by atoms with Gasteiger partial charge in [-0.15, -0.1) is 0 Å². The van der Waals surface area contributed by atoms with Crippen LogP contribution in [0.25, 0.3) is 0 Å². The van der Waals surface area contributed by atoms with Gasteiger partial charge in [0.05, 0.1) is 13.2 Å². The van der Waals surface area contributed by atoms with E-state index in [0.29, 0.717) is 11.5 Å². The van der Waals surface area contributed by atoms with Crippen molar-refractivity contribution in [3.63, 3.8) is 0 Å². The maximum absolute atomic E-state index is 11.8. The summed E-state index contributed by atoms with van der Waals surface area (Å²) in [5.41, 5.74) is 0.737. The molecule has 1 rings (SSSR count). The Bertz CT molecular complexity index is 456. The molecule has 0 aromatic heterocycles. The molecule has 1 amide bonds. The first-order valence-electron chi connectivity index (χ1n) is 7.29. The van der Waals surface area contributed by atoms with Crippen molar-refractivity contribution >= 4 is 5.91 Å². The number of amides is 1. The largest absolute Gasteiger partial charge is 0.493 e. The number of hydrogen-bond donors (Lipinski definition) is 2. The molecule has 1 atom stereocenters. The third kappa shape index (κ3) is 5.27. The fourth-order valence-corrected chi connectivity index (χ4v) is 1.97. The molecule has 0 aliphatic rings. The second kappa shape index (κ2) is 8.52. The van der Waals surface area contributed by atoms with E-state index in [2.05, 4.69) is 5.32 Å². The molecule has 0 saturated carbocycles. The first kappa shape index (κ1) is 17.3. The maximum Gasteiger partial charge on any atom is 0.258 e. The molecule has 0 unspecified atom stereocenters. The van der Waals surface area contributed by atoms with E-state index in [1.165, 1.54) is 7.11 Å². The van der Waals surface area contributed by atoms with E-state index >= 15 is 0 Å². The predicted molar refractivity (Wildman–Crippen MR) is 81.6 cm³/mol. The lowest BCUT2D eigenvalue weighted by Gasteiger charge is -2.16. The van der Waals surface area contributed by atoms with E-state index in [1.54, 1.807) is 25.1 Å². The van der Waals surface area contributed by atoms with Gasteiger partial charge in [-0.25, -0.2) is 0 Å². The van der Waals surface area contributed by atoms with Crippen molar-refractivity contribution in [3.8, 4) is 11.5 Å². The molecule has 0 aliphatic carbocycles. The van der Waals surface area contributed by atoms with E-state index in [-0.39, 0.29) is 18.6 Å². The zero-order valence-corrected chi connectivity index (χ0v) is 13.2. The molecule has 5 nitrogen and oxygen atoms in total. The van der Waals surface area contributed by atoms with E-state index < -0.39 is 6.10 Å². The van der Waals surface area contributed by atoms with Crippen LogP contribution >= 0.6 is 0 Å². The van der Waals surface area contributed by atoms with E-state index in [9.17, 15) is 9.90 Å². The fourth-order valence-electron chi connectivity index (χ4n) is 1.97. The monoisotopic (exact) mass is 295 g/mol. The topological polar surface area (TPSA) is 67.8 Å². The third-order valence-corrected chi connectivity index (χ3v) is 3.38. The molecule has 0 spiro atoms. The average molecular weight is 295 g/mol. The van der Waals surface area contributed by atoms with Crippen LogP contribution in [0.5, 0.6) is 11.5 Å². The molecule has 1 aromatic carbocycles. The van der Waals surface area contributed by atoms with Crippen molar-refractivity contribution in [2.75, 3.05) is 13.7 Å². The van der Waals surface area contributed by atoms with Crippen LogP contribution in [0.1, 0.15) is 45.3 Å². The van der Waals surface area contributed by atoms with Crippen LogP contribution in [0.3, 0.4) is 0 Å². The lowest BCUT2D eigenvalue weighted by atomic mass is 10.1. The predicted octanol–water partition coefficient (Wildman–Crippen LogP) is 2.43. The SMILES string of the molecule is CCC(CC)NC(=O)COc1ccc([C@H](C)O)cc1OC. The van der Waals surface area contributed by atoms with Crippen molar-refractivity contribution in [3.05, 3.63) is 23.8 Å². The molecule has 118 valence electrons. The zero-order valence-electron chi connectivity index (χ0n) is 13.2. The number of carbonyl (C=O) groups is 1. The normalized spacial score (nSPS) is 12.1. The van der Waals surface area contributed by atoms with Gasteiger partial charge >= 0.3 is 0 Å². The van der Waals surface area contributed by atoms with Gasteiger partial charge in [0.25, 0.3) is 5.91 Å². The summed E-state index contributed by atoms with van der Waals surface area (Å²) in [6.45, 7) is 5.69. The number of aliphatic hydroxyl groups is 1. The molecule has 5 heteroatoms. The summed E-state index contributed by atoms with van der Waals surface area (Å²) in [6, 6.07) is 5.34. The minimum absolute atomic E-state index is 0.0547. The van der Waals surface area contributed by atoms with Crippen LogP contribution in [0.4, 0.5) is 0 Å². The van der Waals surface area contributed by atoms with Crippen LogP contribution in [0, 0.1) is 0 Å². The Kier molecular flexibility index (Phi) is 7.02. The van der Waals surface area contributed by atoms with Gasteiger partial charge in [0.1, 0.15) is 0 Å². The lowest BCUT2D eigenvalue weighted by Crippen LogP contribution is -2.37. The minimum Gasteiger partial charge on any atom is -0.493 e. The van der Waals surface area contributed by atoms with Gasteiger partial charge in [0, 0.05) is 6.04 Å². The summed E-state index contributed by atoms with van der Waals surface area (Å²) in [7, 11) is 1.53. The van der Waals surface area contributed by atoms with Crippen LogP contribution in [-0.2, 0) is 4.79 Å². The van der Waals surface area contributed by atoms with E-state index in [0.717, 1.165) is 18.4 Å². The summed E-state index contributed by atoms with van der Waals surface area (Å²) < 4.78 is 10.7. The van der Waals surface area contributed by atoms with Gasteiger partial charge < -0.3 is 19.9 Å². The third-order valence-electron chi connectivity index (χ3n) is 3.38. The summed E-state index contributed by atoms with van der Waals surface area (Å²) in [4.78, 5) is 11.8. The first-order valence-corrected chi connectivity index (χ1v) is 7.29. The van der Waals surface area contributed by atoms with Crippen molar-refractivity contribution in [2.24, 2.45) is 0 Å². The van der Waals surface area contributed by atoms with Crippen LogP contribution in [0.15, 0.2) is 18.2 Å². The molecule has 0 heterocycles. The Hall–Kier alpha value is -1.75. The van der Waals surface area contributed by atoms with Crippen molar-refractivity contribution in [1.29, 1.82) is 0 Å². The minimum atomic E-state index is -0.578. The van der Waals surface area contributed by atoms with Crippen molar-refractivity contribution in [2.45, 2.75) is 45.8 Å². The number of methoxy groups -OCH3 is 1. The number of aliphatic hydroxyl groups excluding tert-OH is 1. The number of rotatable bonds is 8. The summed E-state index contributed by atoms with van der Waals surface area (Å²) >= 11 is 0. The first-order chi connectivity index (χ1) is 10.0. The molecule has 0 bridgehead atoms. The van der Waals surface area contributed by atoms with Gasteiger partial charge in [0.15, 0.2) is 18.1 Å². The highest BCUT2D eigenvalue weighted by molar-refractivity contribution is 5.77. The molecule has 0 radical (unpaired) electrons. The quantitative estimate of drug-likeness (QED) is 0.773. The molecule has 21 heavy (non-hydrogen) atoms. The van der Waals surface area contributed by atoms with E-state index in [4.69, 9.17) is 9.47 Å². The second-order valence-electron chi connectivity index (χ2n) is 4.96. The van der Waals surface area contributed by atoms with Crippen LogP contribution < -0.4 is 14.8 Å². The summed E-state index contributed by atoms with van der Waals surface area (Å²) in [6.07, 6.45) is 1.22. The summed E-state index contributed by atoms with van der Waals surface area (Å²) in [5.74, 6) is 0.843. The summed E-state index contributed by atoms with van der Waals surface area (Å²) in [5, 5.41) is 12.5. The van der Waals surface area contributed by atoms with Gasteiger partial charge in [-0.1, -0.05) is 19.9 Å². The van der Waals surface area contributed by atoms with Crippen molar-refractivity contribution in [1.82, 2.24) is 5.32 Å². The number of carbonyl (C=O) groups excluding carboxylic acids is 1. The Morgan fingerprint density at radius 2 is 1.95 bits per heavy atom. The number of benzene rings is 1. The maximum atomic E-state index is 11.8. The number of ether oxygens (including phenoxy) is 2. The highest BCUT2D eigenvalue weighted by atomic mass is 16.5. The Labute approximate surface area is 126 Å². The molecule has 0 aliphatic heterocycles. The molecule has 0 fully saturated rings.